The first-order chi connectivity index (χ1) is 9.08. The van der Waals surface area contributed by atoms with Gasteiger partial charge >= 0.3 is 0 Å². The van der Waals surface area contributed by atoms with E-state index in [0.29, 0.717) is 18.0 Å². The van der Waals surface area contributed by atoms with Crippen molar-refractivity contribution in [2.75, 3.05) is 6.54 Å². The average Bonchev–Trinajstić information content (AvgIpc) is 3.10. The van der Waals surface area contributed by atoms with Crippen LogP contribution in [0.3, 0.4) is 0 Å². The largest absolute Gasteiger partial charge is 0.472 e. The van der Waals surface area contributed by atoms with E-state index in [-0.39, 0.29) is 17.9 Å². The third-order valence-corrected chi connectivity index (χ3v) is 3.26. The number of nitrogens with two attached hydrogens (primary N) is 1. The van der Waals surface area contributed by atoms with Crippen LogP contribution in [0.5, 0.6) is 0 Å². The lowest BCUT2D eigenvalue weighted by Crippen LogP contribution is -2.48. The fourth-order valence-corrected chi connectivity index (χ4v) is 1.80. The van der Waals surface area contributed by atoms with E-state index < -0.39 is 6.04 Å². The van der Waals surface area contributed by atoms with Gasteiger partial charge in [-0.05, 0) is 31.7 Å². The quantitative estimate of drug-likeness (QED) is 0.687. The normalized spacial score (nSPS) is 17.6. The molecule has 1 aromatic heterocycles. The van der Waals surface area contributed by atoms with Crippen LogP contribution in [0.1, 0.15) is 30.1 Å². The predicted octanol–water partition coefficient (Wildman–Crippen LogP) is 0.251. The third-order valence-electron chi connectivity index (χ3n) is 3.26. The Morgan fingerprint density at radius 1 is 1.53 bits per heavy atom. The lowest BCUT2D eigenvalue weighted by atomic mass is 10.2. The van der Waals surface area contributed by atoms with Crippen molar-refractivity contribution in [3.8, 4) is 0 Å². The van der Waals surface area contributed by atoms with Gasteiger partial charge in [0.05, 0.1) is 11.8 Å². The van der Waals surface area contributed by atoms with E-state index in [1.807, 2.05) is 0 Å². The summed E-state index contributed by atoms with van der Waals surface area (Å²) in [5.74, 6) is -0.0213. The van der Waals surface area contributed by atoms with Crippen molar-refractivity contribution in [3.63, 3.8) is 0 Å². The van der Waals surface area contributed by atoms with Crippen LogP contribution in [0.4, 0.5) is 0 Å². The van der Waals surface area contributed by atoms with Crippen LogP contribution < -0.4 is 16.4 Å². The fraction of sp³-hybridized carbons (Fsp3) is 0.538. The Hall–Kier alpha value is -1.82. The van der Waals surface area contributed by atoms with Gasteiger partial charge in [0.2, 0.25) is 5.91 Å². The molecule has 19 heavy (non-hydrogen) atoms. The minimum atomic E-state index is -0.603. The number of rotatable bonds is 6. The molecule has 1 aliphatic carbocycles. The standard InChI is InChI=1S/C13H19N3O3/c1-8(16-13(18)10-4-5-19-7-10)12(17)15-6-11(14)9-2-3-9/h4-5,7-9,11H,2-3,6,14H2,1H3,(H,15,17)(H,16,18). The van der Waals surface area contributed by atoms with Crippen LogP contribution in [0.2, 0.25) is 0 Å². The highest BCUT2D eigenvalue weighted by molar-refractivity contribution is 5.97. The molecular weight excluding hydrogens is 246 g/mol. The Labute approximate surface area is 111 Å². The molecule has 0 aromatic carbocycles. The van der Waals surface area contributed by atoms with Crippen LogP contribution in [0, 0.1) is 5.92 Å². The molecule has 4 N–H and O–H groups in total. The maximum atomic E-state index is 11.8. The Morgan fingerprint density at radius 2 is 2.26 bits per heavy atom. The van der Waals surface area contributed by atoms with Crippen molar-refractivity contribution in [2.45, 2.75) is 31.8 Å². The van der Waals surface area contributed by atoms with Crippen molar-refractivity contribution < 1.29 is 14.0 Å². The summed E-state index contributed by atoms with van der Waals surface area (Å²) in [6.07, 6.45) is 5.03. The second kappa shape index (κ2) is 5.88. The number of furan rings is 1. The molecule has 2 unspecified atom stereocenters. The minimum absolute atomic E-state index is 0.0146. The van der Waals surface area contributed by atoms with Crippen molar-refractivity contribution in [3.05, 3.63) is 24.2 Å². The Kier molecular flexibility index (Phi) is 4.21. The first-order valence-corrected chi connectivity index (χ1v) is 6.44. The zero-order valence-electron chi connectivity index (χ0n) is 10.9. The van der Waals surface area contributed by atoms with E-state index in [1.54, 1.807) is 13.0 Å². The van der Waals surface area contributed by atoms with Crippen LogP contribution in [-0.4, -0.2) is 30.4 Å². The van der Waals surface area contributed by atoms with Crippen LogP contribution >= 0.6 is 0 Å². The first kappa shape index (κ1) is 13.6. The van der Waals surface area contributed by atoms with Crippen molar-refractivity contribution >= 4 is 11.8 Å². The molecule has 1 heterocycles. The Bertz CT molecular complexity index is 440. The molecule has 2 rings (SSSR count). The molecule has 2 amide bonds. The molecule has 6 nitrogen and oxygen atoms in total. The maximum Gasteiger partial charge on any atom is 0.255 e. The van der Waals surface area contributed by atoms with Gasteiger partial charge in [-0.2, -0.15) is 0 Å². The molecule has 1 saturated carbocycles. The number of hydrogen-bond donors (Lipinski definition) is 3. The molecule has 6 heteroatoms. The third kappa shape index (κ3) is 3.82. The number of nitrogens with one attached hydrogen (secondary N) is 2. The van der Waals surface area contributed by atoms with Gasteiger partial charge in [-0.3, -0.25) is 9.59 Å². The number of amides is 2. The Morgan fingerprint density at radius 3 is 2.84 bits per heavy atom. The number of hydrogen-bond acceptors (Lipinski definition) is 4. The smallest absolute Gasteiger partial charge is 0.255 e. The molecule has 0 spiro atoms. The summed E-state index contributed by atoms with van der Waals surface area (Å²) >= 11 is 0. The summed E-state index contributed by atoms with van der Waals surface area (Å²) in [5, 5.41) is 5.35. The molecule has 2 atom stereocenters. The van der Waals surface area contributed by atoms with Crippen molar-refractivity contribution in [1.82, 2.24) is 10.6 Å². The van der Waals surface area contributed by atoms with Crippen LogP contribution in [-0.2, 0) is 4.79 Å². The van der Waals surface area contributed by atoms with Gasteiger partial charge in [-0.1, -0.05) is 0 Å². The molecule has 0 radical (unpaired) electrons. The summed E-state index contributed by atoms with van der Waals surface area (Å²) in [4.78, 5) is 23.5. The topological polar surface area (TPSA) is 97.4 Å². The predicted molar refractivity (Wildman–Crippen MR) is 69.3 cm³/mol. The van der Waals surface area contributed by atoms with E-state index in [2.05, 4.69) is 10.6 Å². The monoisotopic (exact) mass is 265 g/mol. The van der Waals surface area contributed by atoms with Gasteiger partial charge < -0.3 is 20.8 Å². The summed E-state index contributed by atoms with van der Waals surface area (Å²) in [7, 11) is 0. The molecule has 0 saturated heterocycles. The van der Waals surface area contributed by atoms with Gasteiger partial charge in [0.15, 0.2) is 0 Å². The van der Waals surface area contributed by atoms with E-state index >= 15 is 0 Å². The molecular formula is C13H19N3O3. The maximum absolute atomic E-state index is 11.8. The second-order valence-electron chi connectivity index (χ2n) is 4.95. The van der Waals surface area contributed by atoms with E-state index in [1.165, 1.54) is 12.5 Å². The van der Waals surface area contributed by atoms with Crippen molar-refractivity contribution in [1.29, 1.82) is 0 Å². The zero-order valence-corrected chi connectivity index (χ0v) is 10.9. The molecule has 104 valence electrons. The summed E-state index contributed by atoms with van der Waals surface area (Å²) in [5.41, 5.74) is 6.29. The molecule has 1 fully saturated rings. The van der Waals surface area contributed by atoms with Gasteiger partial charge in [0, 0.05) is 12.6 Å². The summed E-state index contributed by atoms with van der Waals surface area (Å²) < 4.78 is 4.81. The molecule has 0 bridgehead atoms. The molecule has 1 aromatic rings. The molecule has 1 aliphatic rings. The van der Waals surface area contributed by atoms with E-state index in [4.69, 9.17) is 10.2 Å². The van der Waals surface area contributed by atoms with E-state index in [0.717, 1.165) is 12.8 Å². The minimum Gasteiger partial charge on any atom is -0.472 e. The van der Waals surface area contributed by atoms with Gasteiger partial charge in [-0.25, -0.2) is 0 Å². The highest BCUT2D eigenvalue weighted by atomic mass is 16.3. The highest BCUT2D eigenvalue weighted by Gasteiger charge is 2.29. The van der Waals surface area contributed by atoms with Crippen LogP contribution in [0.15, 0.2) is 23.0 Å². The lowest BCUT2D eigenvalue weighted by Gasteiger charge is -2.16. The van der Waals surface area contributed by atoms with Gasteiger partial charge in [0.25, 0.3) is 5.91 Å². The highest BCUT2D eigenvalue weighted by Crippen LogP contribution is 2.31. The lowest BCUT2D eigenvalue weighted by molar-refractivity contribution is -0.122. The zero-order chi connectivity index (χ0) is 13.8. The number of carbonyl (C=O) groups is 2. The average molecular weight is 265 g/mol. The van der Waals surface area contributed by atoms with Gasteiger partial charge in [-0.15, -0.1) is 0 Å². The Balaban J connectivity index is 1.74. The van der Waals surface area contributed by atoms with Crippen molar-refractivity contribution in [2.24, 2.45) is 11.7 Å². The summed E-state index contributed by atoms with van der Waals surface area (Å²) in [6.45, 7) is 2.09. The number of carbonyl (C=O) groups excluding carboxylic acids is 2. The summed E-state index contributed by atoms with van der Waals surface area (Å²) in [6, 6.07) is 0.956. The first-order valence-electron chi connectivity index (χ1n) is 6.44. The second-order valence-corrected chi connectivity index (χ2v) is 4.95. The van der Waals surface area contributed by atoms with Gasteiger partial charge in [0.1, 0.15) is 12.3 Å². The van der Waals surface area contributed by atoms with Crippen LogP contribution in [0.25, 0.3) is 0 Å². The van der Waals surface area contributed by atoms with E-state index in [9.17, 15) is 9.59 Å². The fourth-order valence-electron chi connectivity index (χ4n) is 1.80. The molecule has 0 aliphatic heterocycles. The SMILES string of the molecule is CC(NC(=O)c1ccoc1)C(=O)NCC(N)C1CC1.